The second kappa shape index (κ2) is 8.60. The molecule has 0 saturated carbocycles. The number of nitrogens with one attached hydrogen (secondary N) is 1. The number of ether oxygens (including phenoxy) is 1. The van der Waals surface area contributed by atoms with Crippen LogP contribution < -0.4 is 5.32 Å². The molecule has 0 aliphatic heterocycles. The van der Waals surface area contributed by atoms with Gasteiger partial charge >= 0.3 is 5.97 Å². The van der Waals surface area contributed by atoms with Gasteiger partial charge in [-0.1, -0.05) is 29.8 Å². The molecule has 2 aromatic rings. The van der Waals surface area contributed by atoms with Crippen molar-refractivity contribution in [1.29, 1.82) is 0 Å². The highest BCUT2D eigenvalue weighted by Crippen LogP contribution is 2.21. The molecule has 120 valence electrons. The fourth-order valence-corrected chi connectivity index (χ4v) is 2.73. The van der Waals surface area contributed by atoms with Crippen LogP contribution in [0.15, 0.2) is 53.4 Å². The smallest absolute Gasteiger partial charge is 0.316 e. The zero-order chi connectivity index (χ0) is 16.7. The summed E-state index contributed by atoms with van der Waals surface area (Å²) in [4.78, 5) is 24.4. The van der Waals surface area contributed by atoms with Gasteiger partial charge in [0.05, 0.1) is 5.75 Å². The molecule has 0 heterocycles. The fraction of sp³-hybridized carbons (Fsp3) is 0.176. The average molecular weight is 350 g/mol. The average Bonchev–Trinajstić information content (AvgIpc) is 2.54. The molecule has 0 atom stereocenters. The van der Waals surface area contributed by atoms with Gasteiger partial charge in [0.2, 0.25) is 0 Å². The number of hydrogen-bond donors (Lipinski definition) is 1. The number of rotatable bonds is 6. The summed E-state index contributed by atoms with van der Waals surface area (Å²) in [5.74, 6) is -0.648. The molecule has 0 fully saturated rings. The molecule has 0 bridgehead atoms. The van der Waals surface area contributed by atoms with Crippen molar-refractivity contribution in [3.8, 4) is 0 Å². The van der Waals surface area contributed by atoms with Crippen LogP contribution in [0.25, 0.3) is 0 Å². The molecular weight excluding hydrogens is 334 g/mol. The normalized spacial score (nSPS) is 10.2. The first-order valence-corrected chi connectivity index (χ1v) is 8.30. The van der Waals surface area contributed by atoms with Gasteiger partial charge in [-0.3, -0.25) is 9.59 Å². The molecule has 1 amide bonds. The lowest BCUT2D eigenvalue weighted by molar-refractivity contribution is -0.144. The van der Waals surface area contributed by atoms with E-state index in [0.29, 0.717) is 10.7 Å². The molecule has 2 aromatic carbocycles. The Hall–Kier alpha value is -1.98. The van der Waals surface area contributed by atoms with Crippen molar-refractivity contribution in [2.45, 2.75) is 11.8 Å². The number of aryl methyl sites for hydroxylation is 1. The SMILES string of the molecule is Cc1ccccc1SCC(=O)OCC(=O)Nc1ccc(Cl)cc1. The van der Waals surface area contributed by atoms with Crippen molar-refractivity contribution in [3.63, 3.8) is 0 Å². The van der Waals surface area contributed by atoms with E-state index in [1.807, 2.05) is 31.2 Å². The topological polar surface area (TPSA) is 55.4 Å². The quantitative estimate of drug-likeness (QED) is 0.634. The molecule has 0 aliphatic carbocycles. The third kappa shape index (κ3) is 5.96. The number of amides is 1. The minimum atomic E-state index is -0.426. The molecular formula is C17H16ClNO3S. The zero-order valence-corrected chi connectivity index (χ0v) is 14.1. The largest absolute Gasteiger partial charge is 0.455 e. The molecule has 0 radical (unpaired) electrons. The van der Waals surface area contributed by atoms with Crippen LogP contribution in [0, 0.1) is 6.92 Å². The van der Waals surface area contributed by atoms with E-state index in [9.17, 15) is 9.59 Å². The van der Waals surface area contributed by atoms with Crippen molar-refractivity contribution in [1.82, 2.24) is 0 Å². The summed E-state index contributed by atoms with van der Waals surface area (Å²) < 4.78 is 4.96. The van der Waals surface area contributed by atoms with Gasteiger partial charge in [-0.15, -0.1) is 11.8 Å². The zero-order valence-electron chi connectivity index (χ0n) is 12.5. The van der Waals surface area contributed by atoms with E-state index in [0.717, 1.165) is 10.5 Å². The van der Waals surface area contributed by atoms with Gasteiger partial charge in [-0.05, 0) is 42.8 Å². The Morgan fingerprint density at radius 3 is 2.52 bits per heavy atom. The Balaban J connectivity index is 1.72. The number of carbonyl (C=O) groups excluding carboxylic acids is 2. The van der Waals surface area contributed by atoms with Crippen LogP contribution in [-0.4, -0.2) is 24.2 Å². The van der Waals surface area contributed by atoms with Crippen LogP contribution >= 0.6 is 23.4 Å². The van der Waals surface area contributed by atoms with E-state index in [2.05, 4.69) is 5.32 Å². The fourth-order valence-electron chi connectivity index (χ4n) is 1.77. The van der Waals surface area contributed by atoms with Crippen LogP contribution in [0.1, 0.15) is 5.56 Å². The first-order chi connectivity index (χ1) is 11.0. The van der Waals surface area contributed by atoms with Gasteiger partial charge < -0.3 is 10.1 Å². The molecule has 4 nitrogen and oxygen atoms in total. The van der Waals surface area contributed by atoms with Crippen molar-refractivity contribution < 1.29 is 14.3 Å². The summed E-state index contributed by atoms with van der Waals surface area (Å²) >= 11 is 7.15. The number of hydrogen-bond acceptors (Lipinski definition) is 4. The van der Waals surface area contributed by atoms with Crippen LogP contribution in [0.4, 0.5) is 5.69 Å². The second-order valence-electron chi connectivity index (χ2n) is 4.77. The Morgan fingerprint density at radius 2 is 1.83 bits per heavy atom. The lowest BCUT2D eigenvalue weighted by Gasteiger charge is -2.07. The predicted molar refractivity (Wildman–Crippen MR) is 92.9 cm³/mol. The Kier molecular flexibility index (Phi) is 6.50. The summed E-state index contributed by atoms with van der Waals surface area (Å²) in [6.45, 7) is 1.67. The van der Waals surface area contributed by atoms with Crippen molar-refractivity contribution in [3.05, 3.63) is 59.1 Å². The number of anilines is 1. The molecule has 1 N–H and O–H groups in total. The number of halogens is 1. The van der Waals surface area contributed by atoms with Crippen molar-refractivity contribution in [2.24, 2.45) is 0 Å². The molecule has 0 unspecified atom stereocenters. The minimum absolute atomic E-state index is 0.166. The third-order valence-corrected chi connectivity index (χ3v) is 4.33. The summed E-state index contributed by atoms with van der Waals surface area (Å²) in [5, 5.41) is 3.21. The first-order valence-electron chi connectivity index (χ1n) is 6.94. The maximum absolute atomic E-state index is 11.7. The van der Waals surface area contributed by atoms with Gasteiger partial charge in [-0.2, -0.15) is 0 Å². The standard InChI is InChI=1S/C17H16ClNO3S/c1-12-4-2-3-5-15(12)23-11-17(21)22-10-16(20)19-14-8-6-13(18)7-9-14/h2-9H,10-11H2,1H3,(H,19,20). The number of esters is 1. The Bertz CT molecular complexity index is 688. The summed E-state index contributed by atoms with van der Waals surface area (Å²) in [6, 6.07) is 14.5. The van der Waals surface area contributed by atoms with Gasteiger partial charge in [0.1, 0.15) is 0 Å². The van der Waals surface area contributed by atoms with Gasteiger partial charge in [0.15, 0.2) is 6.61 Å². The maximum Gasteiger partial charge on any atom is 0.316 e. The molecule has 0 spiro atoms. The van der Waals surface area contributed by atoms with E-state index in [1.54, 1.807) is 24.3 Å². The highest BCUT2D eigenvalue weighted by atomic mass is 35.5. The second-order valence-corrected chi connectivity index (χ2v) is 6.22. The molecule has 2 rings (SSSR count). The van der Waals surface area contributed by atoms with Gasteiger partial charge in [0.25, 0.3) is 5.91 Å². The van der Waals surface area contributed by atoms with E-state index in [-0.39, 0.29) is 18.3 Å². The van der Waals surface area contributed by atoms with Crippen LogP contribution in [0.3, 0.4) is 0 Å². The highest BCUT2D eigenvalue weighted by Gasteiger charge is 2.09. The Labute approximate surface area is 144 Å². The monoisotopic (exact) mass is 349 g/mol. The number of benzene rings is 2. The maximum atomic E-state index is 11.7. The van der Waals surface area contributed by atoms with E-state index in [1.165, 1.54) is 11.8 Å². The van der Waals surface area contributed by atoms with E-state index < -0.39 is 5.97 Å². The molecule has 23 heavy (non-hydrogen) atoms. The van der Waals surface area contributed by atoms with Gasteiger partial charge in [-0.25, -0.2) is 0 Å². The molecule has 6 heteroatoms. The molecule has 0 aliphatic rings. The number of carbonyl (C=O) groups is 2. The third-order valence-electron chi connectivity index (χ3n) is 2.93. The summed E-state index contributed by atoms with van der Waals surface area (Å²) in [5.41, 5.74) is 1.70. The van der Waals surface area contributed by atoms with E-state index >= 15 is 0 Å². The molecule has 0 saturated heterocycles. The predicted octanol–water partition coefficient (Wildman–Crippen LogP) is 3.92. The van der Waals surface area contributed by atoms with Crippen LogP contribution in [0.2, 0.25) is 5.02 Å². The highest BCUT2D eigenvalue weighted by molar-refractivity contribution is 8.00. The summed E-state index contributed by atoms with van der Waals surface area (Å²) in [7, 11) is 0. The number of thioether (sulfide) groups is 1. The lowest BCUT2D eigenvalue weighted by atomic mass is 10.2. The van der Waals surface area contributed by atoms with Crippen LogP contribution in [-0.2, 0) is 14.3 Å². The first kappa shape index (κ1) is 17.4. The van der Waals surface area contributed by atoms with Crippen LogP contribution in [0.5, 0.6) is 0 Å². The van der Waals surface area contributed by atoms with Gasteiger partial charge in [0, 0.05) is 15.6 Å². The Morgan fingerprint density at radius 1 is 1.13 bits per heavy atom. The minimum Gasteiger partial charge on any atom is -0.455 e. The van der Waals surface area contributed by atoms with Crippen molar-refractivity contribution >= 4 is 40.9 Å². The molecule has 0 aromatic heterocycles. The summed E-state index contributed by atoms with van der Waals surface area (Å²) in [6.07, 6.45) is 0. The van der Waals surface area contributed by atoms with E-state index in [4.69, 9.17) is 16.3 Å². The van der Waals surface area contributed by atoms with Crippen molar-refractivity contribution in [2.75, 3.05) is 17.7 Å². The lowest BCUT2D eigenvalue weighted by Crippen LogP contribution is -2.21.